The van der Waals surface area contributed by atoms with Crippen molar-refractivity contribution in [3.05, 3.63) is 83.2 Å². The third-order valence-electron chi connectivity index (χ3n) is 4.22. The lowest BCUT2D eigenvalue weighted by molar-refractivity contribution is 0.0988. The highest BCUT2D eigenvalue weighted by molar-refractivity contribution is 6.04. The van der Waals surface area contributed by atoms with Gasteiger partial charge in [0.2, 0.25) is 5.95 Å². The van der Waals surface area contributed by atoms with Crippen molar-refractivity contribution in [3.8, 4) is 0 Å². The Labute approximate surface area is 153 Å². The normalized spacial score (nSPS) is 10.4. The van der Waals surface area contributed by atoms with Crippen LogP contribution >= 0.6 is 0 Å². The van der Waals surface area contributed by atoms with Gasteiger partial charge in [0.25, 0.3) is 5.91 Å². The van der Waals surface area contributed by atoms with Crippen LogP contribution < -0.4 is 10.2 Å². The number of nitrogens with zero attached hydrogens (tertiary/aromatic N) is 3. The monoisotopic (exact) mass is 346 g/mol. The van der Waals surface area contributed by atoms with Gasteiger partial charge in [0.1, 0.15) is 5.69 Å². The van der Waals surface area contributed by atoms with Crippen molar-refractivity contribution in [1.29, 1.82) is 0 Å². The number of aromatic nitrogens is 2. The second-order valence-corrected chi connectivity index (χ2v) is 6.20. The Kier molecular flexibility index (Phi) is 5.27. The van der Waals surface area contributed by atoms with E-state index in [1.54, 1.807) is 18.0 Å². The molecule has 0 aliphatic rings. The quantitative estimate of drug-likeness (QED) is 0.759. The van der Waals surface area contributed by atoms with Gasteiger partial charge in [0, 0.05) is 25.0 Å². The Bertz CT molecular complexity index is 909. The van der Waals surface area contributed by atoms with Gasteiger partial charge in [0.15, 0.2) is 0 Å². The first-order valence-electron chi connectivity index (χ1n) is 8.52. The molecular formula is C21H22N4O. The molecule has 3 rings (SSSR count). The molecule has 1 N–H and O–H groups in total. The second kappa shape index (κ2) is 7.78. The molecule has 0 saturated carbocycles. The molecule has 1 amide bonds. The van der Waals surface area contributed by atoms with Crippen LogP contribution in [0.25, 0.3) is 0 Å². The summed E-state index contributed by atoms with van der Waals surface area (Å²) in [5, 5.41) is 3.22. The smallest absolute Gasteiger partial charge is 0.276 e. The molecular weight excluding hydrogens is 324 g/mol. The zero-order valence-corrected chi connectivity index (χ0v) is 15.2. The van der Waals surface area contributed by atoms with Crippen molar-refractivity contribution in [1.82, 2.24) is 9.97 Å². The van der Waals surface area contributed by atoms with Gasteiger partial charge >= 0.3 is 0 Å². The van der Waals surface area contributed by atoms with E-state index in [1.807, 2.05) is 49.4 Å². The molecule has 5 heteroatoms. The molecule has 0 aliphatic heterocycles. The fourth-order valence-corrected chi connectivity index (χ4v) is 2.68. The van der Waals surface area contributed by atoms with Crippen LogP contribution in [0, 0.1) is 13.8 Å². The highest BCUT2D eigenvalue weighted by atomic mass is 16.2. The van der Waals surface area contributed by atoms with Gasteiger partial charge in [-0.3, -0.25) is 4.79 Å². The molecule has 3 aromatic rings. The zero-order valence-electron chi connectivity index (χ0n) is 15.2. The van der Waals surface area contributed by atoms with Crippen molar-refractivity contribution < 1.29 is 4.79 Å². The van der Waals surface area contributed by atoms with E-state index < -0.39 is 0 Å². The minimum Gasteiger partial charge on any atom is -0.350 e. The number of para-hydroxylation sites is 1. The predicted octanol–water partition coefficient (Wildman–Crippen LogP) is 3.98. The van der Waals surface area contributed by atoms with Gasteiger partial charge in [-0.25, -0.2) is 9.97 Å². The fraction of sp³-hybridized carbons (Fsp3) is 0.190. The Hall–Kier alpha value is -3.21. The number of nitrogens with one attached hydrogen (secondary N) is 1. The highest BCUT2D eigenvalue weighted by Crippen LogP contribution is 2.16. The number of hydrogen-bond acceptors (Lipinski definition) is 4. The average molecular weight is 346 g/mol. The van der Waals surface area contributed by atoms with Crippen LogP contribution in [0.5, 0.6) is 0 Å². The number of carbonyl (C=O) groups excluding carboxylic acids is 1. The summed E-state index contributed by atoms with van der Waals surface area (Å²) in [6.07, 6.45) is 0. The van der Waals surface area contributed by atoms with E-state index in [0.29, 0.717) is 18.2 Å². The molecule has 0 fully saturated rings. The molecule has 26 heavy (non-hydrogen) atoms. The summed E-state index contributed by atoms with van der Waals surface area (Å²) in [6, 6.07) is 19.4. The van der Waals surface area contributed by atoms with E-state index in [2.05, 4.69) is 34.3 Å². The van der Waals surface area contributed by atoms with Gasteiger partial charge in [0.05, 0.1) is 0 Å². The first-order chi connectivity index (χ1) is 12.5. The van der Waals surface area contributed by atoms with Crippen LogP contribution in [0.4, 0.5) is 11.6 Å². The lowest BCUT2D eigenvalue weighted by Gasteiger charge is -2.17. The van der Waals surface area contributed by atoms with Gasteiger partial charge in [-0.2, -0.15) is 0 Å². The molecule has 2 aromatic carbocycles. The summed E-state index contributed by atoms with van der Waals surface area (Å²) in [7, 11) is 1.75. The minimum atomic E-state index is -0.166. The standard InChI is InChI=1S/C21H22N4O/c1-15-9-7-8-10-17(15)14-22-21-23-16(2)13-19(24-21)20(26)25(3)18-11-5-4-6-12-18/h4-13H,14H2,1-3H3,(H,22,23,24). The lowest BCUT2D eigenvalue weighted by Crippen LogP contribution is -2.27. The number of carbonyl (C=O) groups is 1. The van der Waals surface area contributed by atoms with E-state index in [4.69, 9.17) is 0 Å². The zero-order chi connectivity index (χ0) is 18.5. The maximum atomic E-state index is 12.8. The molecule has 0 unspecified atom stereocenters. The van der Waals surface area contributed by atoms with Crippen LogP contribution in [0.3, 0.4) is 0 Å². The van der Waals surface area contributed by atoms with Gasteiger partial charge in [-0.05, 0) is 43.2 Å². The van der Waals surface area contributed by atoms with Crippen molar-refractivity contribution in [2.75, 3.05) is 17.3 Å². The molecule has 1 aromatic heterocycles. The van der Waals surface area contributed by atoms with Gasteiger partial charge in [-0.15, -0.1) is 0 Å². The second-order valence-electron chi connectivity index (χ2n) is 6.20. The Morgan fingerprint density at radius 3 is 2.42 bits per heavy atom. The van der Waals surface area contributed by atoms with E-state index >= 15 is 0 Å². The molecule has 0 aliphatic carbocycles. The van der Waals surface area contributed by atoms with E-state index in [1.165, 1.54) is 11.1 Å². The minimum absolute atomic E-state index is 0.166. The van der Waals surface area contributed by atoms with Crippen LogP contribution in [0.15, 0.2) is 60.7 Å². The summed E-state index contributed by atoms with van der Waals surface area (Å²) < 4.78 is 0. The lowest BCUT2D eigenvalue weighted by atomic mass is 10.1. The summed E-state index contributed by atoms with van der Waals surface area (Å²) in [4.78, 5) is 23.2. The number of amides is 1. The first-order valence-corrected chi connectivity index (χ1v) is 8.52. The molecule has 132 valence electrons. The Morgan fingerprint density at radius 1 is 1.00 bits per heavy atom. The van der Waals surface area contributed by atoms with Gasteiger partial charge in [-0.1, -0.05) is 42.5 Å². The molecule has 5 nitrogen and oxygen atoms in total. The van der Waals surface area contributed by atoms with Gasteiger partial charge < -0.3 is 10.2 Å². The fourth-order valence-electron chi connectivity index (χ4n) is 2.68. The molecule has 0 spiro atoms. The van der Waals surface area contributed by atoms with Crippen LogP contribution in [0.2, 0.25) is 0 Å². The number of aryl methyl sites for hydroxylation is 2. The van der Waals surface area contributed by atoms with Crippen LogP contribution in [-0.2, 0) is 6.54 Å². The van der Waals surface area contributed by atoms with E-state index in [0.717, 1.165) is 11.4 Å². The summed E-state index contributed by atoms with van der Waals surface area (Å²) in [5.74, 6) is 0.290. The molecule has 0 radical (unpaired) electrons. The Balaban J connectivity index is 1.79. The average Bonchev–Trinajstić information content (AvgIpc) is 2.66. The topological polar surface area (TPSA) is 58.1 Å². The number of anilines is 2. The number of hydrogen-bond donors (Lipinski definition) is 1. The molecule has 0 saturated heterocycles. The number of rotatable bonds is 5. The first kappa shape index (κ1) is 17.6. The summed E-state index contributed by atoms with van der Waals surface area (Å²) in [6.45, 7) is 4.54. The maximum absolute atomic E-state index is 12.8. The predicted molar refractivity (Wildman–Crippen MR) is 104 cm³/mol. The van der Waals surface area contributed by atoms with E-state index in [-0.39, 0.29) is 5.91 Å². The molecule has 1 heterocycles. The molecule has 0 atom stereocenters. The largest absolute Gasteiger partial charge is 0.350 e. The van der Waals surface area contributed by atoms with Crippen molar-refractivity contribution >= 4 is 17.5 Å². The highest BCUT2D eigenvalue weighted by Gasteiger charge is 2.16. The van der Waals surface area contributed by atoms with Crippen molar-refractivity contribution in [3.63, 3.8) is 0 Å². The van der Waals surface area contributed by atoms with Crippen LogP contribution in [0.1, 0.15) is 27.3 Å². The van der Waals surface area contributed by atoms with E-state index in [9.17, 15) is 4.79 Å². The maximum Gasteiger partial charge on any atom is 0.276 e. The Morgan fingerprint density at radius 2 is 1.69 bits per heavy atom. The summed E-state index contributed by atoms with van der Waals surface area (Å²) >= 11 is 0. The molecule has 0 bridgehead atoms. The third-order valence-corrected chi connectivity index (χ3v) is 4.22. The SMILES string of the molecule is Cc1cc(C(=O)N(C)c2ccccc2)nc(NCc2ccccc2C)n1. The van der Waals surface area contributed by atoms with Crippen molar-refractivity contribution in [2.24, 2.45) is 0 Å². The third kappa shape index (κ3) is 4.06. The van der Waals surface area contributed by atoms with Crippen molar-refractivity contribution in [2.45, 2.75) is 20.4 Å². The summed E-state index contributed by atoms with van der Waals surface area (Å²) in [5.41, 5.74) is 4.32. The number of benzene rings is 2. The van der Waals surface area contributed by atoms with Crippen LogP contribution in [-0.4, -0.2) is 22.9 Å².